The molecule has 1 aromatic carbocycles. The first kappa shape index (κ1) is 17.4. The van der Waals surface area contributed by atoms with E-state index in [0.29, 0.717) is 13.1 Å². The van der Waals surface area contributed by atoms with Gasteiger partial charge in [0.05, 0.1) is 5.56 Å². The fourth-order valence-corrected chi connectivity index (χ4v) is 4.91. The van der Waals surface area contributed by atoms with Gasteiger partial charge in [0.1, 0.15) is 16.8 Å². The molecule has 2 fully saturated rings. The smallest absolute Gasteiger partial charge is 0.338 e. The molecule has 3 rings (SSSR count). The van der Waals surface area contributed by atoms with Crippen molar-refractivity contribution in [1.29, 1.82) is 0 Å². The van der Waals surface area contributed by atoms with Crippen LogP contribution in [0.5, 0.6) is 0 Å². The van der Waals surface area contributed by atoms with E-state index in [-0.39, 0.29) is 11.7 Å². The molecule has 1 heterocycles. The number of esters is 1. The van der Waals surface area contributed by atoms with Gasteiger partial charge in [0.15, 0.2) is 0 Å². The Kier molecular flexibility index (Phi) is 5.20. The first-order valence-corrected chi connectivity index (χ1v) is 9.93. The molecule has 0 spiro atoms. The van der Waals surface area contributed by atoms with Crippen LogP contribution >= 0.6 is 0 Å². The van der Waals surface area contributed by atoms with Gasteiger partial charge in [0.25, 0.3) is 0 Å². The predicted molar refractivity (Wildman–Crippen MR) is 86.7 cm³/mol. The summed E-state index contributed by atoms with van der Waals surface area (Å²) in [7, 11) is -3.93. The number of halogens is 1. The standard InChI is InChI=1S/C17H22FNO4S/c18-15-9-8-13(17(20)23-14-6-2-3-7-14)12-16(15)24(21,22)19-10-4-1-5-11-19/h8-9,12,14H,1-7,10-11H2. The molecule has 0 bridgehead atoms. The summed E-state index contributed by atoms with van der Waals surface area (Å²) in [5, 5.41) is 0. The quantitative estimate of drug-likeness (QED) is 0.779. The van der Waals surface area contributed by atoms with Gasteiger partial charge in [-0.25, -0.2) is 17.6 Å². The Morgan fingerprint density at radius 3 is 2.42 bits per heavy atom. The number of carbonyl (C=O) groups excluding carboxylic acids is 1. The van der Waals surface area contributed by atoms with Gasteiger partial charge < -0.3 is 4.74 Å². The van der Waals surface area contributed by atoms with Crippen LogP contribution in [0.2, 0.25) is 0 Å². The molecular weight excluding hydrogens is 333 g/mol. The Balaban J connectivity index is 1.84. The highest BCUT2D eigenvalue weighted by atomic mass is 32.2. The molecular formula is C17H22FNO4S. The van der Waals surface area contributed by atoms with Gasteiger partial charge in [0.2, 0.25) is 10.0 Å². The van der Waals surface area contributed by atoms with Gasteiger partial charge in [-0.15, -0.1) is 0 Å². The topological polar surface area (TPSA) is 63.7 Å². The van der Waals surface area contributed by atoms with E-state index >= 15 is 0 Å². The van der Waals surface area contributed by atoms with Crippen LogP contribution in [0.1, 0.15) is 55.3 Å². The maximum atomic E-state index is 14.1. The maximum absolute atomic E-state index is 14.1. The molecule has 2 aliphatic rings. The lowest BCUT2D eigenvalue weighted by Gasteiger charge is -2.26. The number of carbonyl (C=O) groups is 1. The maximum Gasteiger partial charge on any atom is 0.338 e. The number of ether oxygens (including phenoxy) is 1. The normalized spacial score (nSPS) is 20.2. The summed E-state index contributed by atoms with van der Waals surface area (Å²) in [6.07, 6.45) is 6.09. The van der Waals surface area contributed by atoms with Crippen LogP contribution in [0.4, 0.5) is 4.39 Å². The summed E-state index contributed by atoms with van der Waals surface area (Å²) in [6, 6.07) is 3.42. The minimum absolute atomic E-state index is 0.0823. The van der Waals surface area contributed by atoms with Crippen LogP contribution in [0.25, 0.3) is 0 Å². The molecule has 1 saturated carbocycles. The van der Waals surface area contributed by atoms with E-state index in [0.717, 1.165) is 57.1 Å². The summed E-state index contributed by atoms with van der Waals surface area (Å²) < 4.78 is 46.1. The number of hydrogen-bond acceptors (Lipinski definition) is 4. The van der Waals surface area contributed by atoms with Crippen LogP contribution < -0.4 is 0 Å². The average molecular weight is 355 g/mol. The highest BCUT2D eigenvalue weighted by molar-refractivity contribution is 7.89. The summed E-state index contributed by atoms with van der Waals surface area (Å²) in [5.41, 5.74) is 0.0823. The Labute approximate surface area is 141 Å². The molecule has 5 nitrogen and oxygen atoms in total. The van der Waals surface area contributed by atoms with Crippen LogP contribution in [-0.2, 0) is 14.8 Å². The largest absolute Gasteiger partial charge is 0.459 e. The van der Waals surface area contributed by atoms with E-state index in [9.17, 15) is 17.6 Å². The van der Waals surface area contributed by atoms with Crippen molar-refractivity contribution in [2.24, 2.45) is 0 Å². The molecule has 7 heteroatoms. The fraction of sp³-hybridized carbons (Fsp3) is 0.588. The van der Waals surface area contributed by atoms with E-state index < -0.39 is 26.7 Å². The zero-order valence-corrected chi connectivity index (χ0v) is 14.4. The Hall–Kier alpha value is -1.47. The highest BCUT2D eigenvalue weighted by Gasteiger charge is 2.30. The fourth-order valence-electron chi connectivity index (χ4n) is 3.30. The molecule has 1 aliphatic carbocycles. The molecule has 1 aromatic rings. The summed E-state index contributed by atoms with van der Waals surface area (Å²) in [4.78, 5) is 11.8. The van der Waals surface area contributed by atoms with Gasteiger partial charge in [-0.3, -0.25) is 0 Å². The van der Waals surface area contributed by atoms with Gasteiger partial charge >= 0.3 is 5.97 Å². The molecule has 132 valence electrons. The second-order valence-electron chi connectivity index (χ2n) is 6.42. The number of rotatable bonds is 4. The van der Waals surface area contributed by atoms with E-state index in [1.165, 1.54) is 10.4 Å². The Bertz CT molecular complexity index is 707. The van der Waals surface area contributed by atoms with Crippen molar-refractivity contribution in [3.05, 3.63) is 29.6 Å². The van der Waals surface area contributed by atoms with Crippen molar-refractivity contribution >= 4 is 16.0 Å². The van der Waals surface area contributed by atoms with Crippen LogP contribution in [0, 0.1) is 5.82 Å². The molecule has 0 radical (unpaired) electrons. The molecule has 0 aromatic heterocycles. The van der Waals surface area contributed by atoms with Crippen LogP contribution in [0.3, 0.4) is 0 Å². The molecule has 0 atom stereocenters. The zero-order chi connectivity index (χ0) is 17.2. The van der Waals surface area contributed by atoms with E-state index in [1.807, 2.05) is 0 Å². The van der Waals surface area contributed by atoms with Gasteiger partial charge in [0, 0.05) is 13.1 Å². The van der Waals surface area contributed by atoms with E-state index in [4.69, 9.17) is 4.74 Å². The number of hydrogen-bond donors (Lipinski definition) is 0. The van der Waals surface area contributed by atoms with Crippen molar-refractivity contribution in [1.82, 2.24) is 4.31 Å². The Morgan fingerprint density at radius 2 is 1.75 bits per heavy atom. The van der Waals surface area contributed by atoms with E-state index in [2.05, 4.69) is 0 Å². The first-order valence-electron chi connectivity index (χ1n) is 8.49. The average Bonchev–Trinajstić information content (AvgIpc) is 3.09. The molecule has 0 unspecified atom stereocenters. The van der Waals surface area contributed by atoms with Crippen molar-refractivity contribution < 1.29 is 22.3 Å². The third-order valence-corrected chi connectivity index (χ3v) is 6.59. The predicted octanol–water partition coefficient (Wildman–Crippen LogP) is 3.10. The van der Waals surface area contributed by atoms with Crippen LogP contribution in [-0.4, -0.2) is 37.9 Å². The van der Waals surface area contributed by atoms with Gasteiger partial charge in [-0.2, -0.15) is 4.31 Å². The van der Waals surface area contributed by atoms with Gasteiger partial charge in [-0.05, 0) is 56.7 Å². The second-order valence-corrected chi connectivity index (χ2v) is 8.33. The van der Waals surface area contributed by atoms with Gasteiger partial charge in [-0.1, -0.05) is 6.42 Å². The molecule has 0 amide bonds. The SMILES string of the molecule is O=C(OC1CCCC1)c1ccc(F)c(S(=O)(=O)N2CCCCC2)c1. The Morgan fingerprint density at radius 1 is 1.08 bits per heavy atom. The van der Waals surface area contributed by atoms with Crippen molar-refractivity contribution in [2.45, 2.75) is 55.9 Å². The number of nitrogens with zero attached hydrogens (tertiary/aromatic N) is 1. The van der Waals surface area contributed by atoms with Crippen molar-refractivity contribution in [3.63, 3.8) is 0 Å². The minimum atomic E-state index is -3.93. The number of benzene rings is 1. The van der Waals surface area contributed by atoms with E-state index in [1.54, 1.807) is 0 Å². The van der Waals surface area contributed by atoms with Crippen LogP contribution in [0.15, 0.2) is 23.1 Å². The first-order chi connectivity index (χ1) is 11.5. The zero-order valence-electron chi connectivity index (χ0n) is 13.5. The third kappa shape index (κ3) is 3.62. The summed E-state index contributed by atoms with van der Waals surface area (Å²) in [5.74, 6) is -1.42. The van der Waals surface area contributed by atoms with Crippen molar-refractivity contribution in [3.8, 4) is 0 Å². The second kappa shape index (κ2) is 7.19. The molecule has 24 heavy (non-hydrogen) atoms. The summed E-state index contributed by atoms with van der Waals surface area (Å²) >= 11 is 0. The third-order valence-electron chi connectivity index (χ3n) is 4.68. The lowest BCUT2D eigenvalue weighted by Crippen LogP contribution is -2.36. The molecule has 1 aliphatic heterocycles. The minimum Gasteiger partial charge on any atom is -0.459 e. The lowest BCUT2D eigenvalue weighted by molar-refractivity contribution is 0.0317. The highest BCUT2D eigenvalue weighted by Crippen LogP contribution is 2.26. The monoisotopic (exact) mass is 355 g/mol. The number of piperidine rings is 1. The summed E-state index contributed by atoms with van der Waals surface area (Å²) in [6.45, 7) is 0.775. The lowest BCUT2D eigenvalue weighted by atomic mass is 10.2. The van der Waals surface area contributed by atoms with Crippen molar-refractivity contribution in [2.75, 3.05) is 13.1 Å². The molecule has 0 N–H and O–H groups in total. The number of sulfonamides is 1. The molecule has 1 saturated heterocycles.